The average Bonchev–Trinajstić information content (AvgIpc) is 2.98. The maximum absolute atomic E-state index is 6.91. The van der Waals surface area contributed by atoms with Crippen molar-refractivity contribution in [2.75, 3.05) is 7.11 Å². The van der Waals surface area contributed by atoms with E-state index in [1.165, 1.54) is 16.7 Å². The molecule has 0 spiro atoms. The number of methoxy groups -OCH3 is 1. The Morgan fingerprint density at radius 1 is 1.04 bits per heavy atom. The van der Waals surface area contributed by atoms with Gasteiger partial charge in [-0.25, -0.2) is 0 Å². The van der Waals surface area contributed by atoms with Gasteiger partial charge >= 0.3 is 0 Å². The van der Waals surface area contributed by atoms with E-state index < -0.39 is 8.32 Å². The number of hydrogen-bond acceptors (Lipinski definition) is 3. The van der Waals surface area contributed by atoms with Crippen LogP contribution in [0, 0.1) is 0 Å². The summed E-state index contributed by atoms with van der Waals surface area (Å²) in [6.45, 7) is 11.4. The van der Waals surface area contributed by atoms with Crippen LogP contribution in [0.1, 0.15) is 43.6 Å². The minimum atomic E-state index is -1.97. The highest BCUT2D eigenvalue weighted by molar-refractivity contribution is 6.74. The van der Waals surface area contributed by atoms with E-state index in [9.17, 15) is 0 Å². The molecule has 4 rings (SSSR count). The molecule has 0 radical (unpaired) electrons. The Bertz CT molecular complexity index is 908. The second-order valence-corrected chi connectivity index (χ2v) is 13.7. The molecule has 0 aromatic heterocycles. The van der Waals surface area contributed by atoms with Crippen LogP contribution in [0.2, 0.25) is 18.1 Å². The lowest BCUT2D eigenvalue weighted by Gasteiger charge is -2.42. The fourth-order valence-electron chi connectivity index (χ4n) is 3.56. The molecule has 2 aromatic rings. The SMILES string of the molecule is COc1ccc2c(c1)O[C@@H]1C2=Cc2ccccc2[C@H]1O[Si](C)(C)C(C)(C)C. The van der Waals surface area contributed by atoms with Crippen molar-refractivity contribution in [2.24, 2.45) is 0 Å². The fourth-order valence-corrected chi connectivity index (χ4v) is 4.79. The summed E-state index contributed by atoms with van der Waals surface area (Å²) < 4.78 is 18.7. The Labute approximate surface area is 163 Å². The maximum atomic E-state index is 6.91. The van der Waals surface area contributed by atoms with Crippen LogP contribution in [0.3, 0.4) is 0 Å². The highest BCUT2D eigenvalue weighted by Gasteiger charge is 2.46. The molecule has 0 bridgehead atoms. The van der Waals surface area contributed by atoms with Crippen LogP contribution in [0.4, 0.5) is 0 Å². The molecule has 142 valence electrons. The van der Waals surface area contributed by atoms with Gasteiger partial charge in [0.1, 0.15) is 17.6 Å². The zero-order valence-corrected chi connectivity index (χ0v) is 18.0. The van der Waals surface area contributed by atoms with Gasteiger partial charge in [-0.3, -0.25) is 0 Å². The molecule has 27 heavy (non-hydrogen) atoms. The molecule has 0 saturated heterocycles. The Hall–Kier alpha value is -2.04. The minimum Gasteiger partial charge on any atom is -0.497 e. The van der Waals surface area contributed by atoms with Crippen LogP contribution >= 0.6 is 0 Å². The van der Waals surface area contributed by atoms with Crippen molar-refractivity contribution in [1.82, 2.24) is 0 Å². The monoisotopic (exact) mass is 380 g/mol. The van der Waals surface area contributed by atoms with Gasteiger partial charge in [0.05, 0.1) is 7.11 Å². The van der Waals surface area contributed by atoms with E-state index in [0.717, 1.165) is 17.1 Å². The van der Waals surface area contributed by atoms with Crippen LogP contribution in [0.5, 0.6) is 11.5 Å². The molecule has 2 aliphatic rings. The van der Waals surface area contributed by atoms with E-state index in [1.807, 2.05) is 12.1 Å². The average molecular weight is 381 g/mol. The Morgan fingerprint density at radius 2 is 1.78 bits per heavy atom. The van der Waals surface area contributed by atoms with E-state index in [1.54, 1.807) is 7.11 Å². The first-order valence-electron chi connectivity index (χ1n) is 9.55. The van der Waals surface area contributed by atoms with Crippen molar-refractivity contribution in [1.29, 1.82) is 0 Å². The normalized spacial score (nSPS) is 20.9. The molecule has 0 unspecified atom stereocenters. The third kappa shape index (κ3) is 3.01. The molecule has 0 amide bonds. The van der Waals surface area contributed by atoms with Crippen LogP contribution in [-0.4, -0.2) is 21.5 Å². The molecule has 4 heteroatoms. The smallest absolute Gasteiger partial charge is 0.193 e. The molecule has 1 heterocycles. The summed E-state index contributed by atoms with van der Waals surface area (Å²) in [4.78, 5) is 0. The van der Waals surface area contributed by atoms with Gasteiger partial charge in [-0.15, -0.1) is 0 Å². The lowest BCUT2D eigenvalue weighted by molar-refractivity contribution is 0.0833. The molecule has 2 atom stereocenters. The standard InChI is InChI=1S/C23H28O3Si/c1-23(2,3)27(5,6)26-22-17-10-8-7-9-15(17)13-19-18-12-11-16(24-4)14-20(18)25-21(19)22/h7-14,21-22H,1-6H3/t21-,22-/m1/s1. The topological polar surface area (TPSA) is 27.7 Å². The Morgan fingerprint density at radius 3 is 2.48 bits per heavy atom. The highest BCUT2D eigenvalue weighted by Crippen LogP contribution is 2.51. The zero-order valence-electron chi connectivity index (χ0n) is 17.0. The number of rotatable bonds is 3. The summed E-state index contributed by atoms with van der Waals surface area (Å²) in [6.07, 6.45) is 2.04. The van der Waals surface area contributed by atoms with E-state index >= 15 is 0 Å². The number of benzene rings is 2. The molecular weight excluding hydrogens is 352 g/mol. The second-order valence-electron chi connectivity index (χ2n) is 8.93. The molecule has 0 fully saturated rings. The largest absolute Gasteiger partial charge is 0.497 e. The number of hydrogen-bond donors (Lipinski definition) is 0. The predicted molar refractivity (Wildman–Crippen MR) is 113 cm³/mol. The van der Waals surface area contributed by atoms with Crippen molar-refractivity contribution < 1.29 is 13.9 Å². The fraction of sp³-hybridized carbons (Fsp3) is 0.391. The Balaban J connectivity index is 1.80. The molecule has 0 saturated carbocycles. The van der Waals surface area contributed by atoms with E-state index in [0.29, 0.717) is 0 Å². The number of fused-ring (bicyclic) bond motifs is 4. The zero-order chi connectivity index (χ0) is 19.4. The third-order valence-electron chi connectivity index (χ3n) is 6.18. The second kappa shape index (κ2) is 6.25. The van der Waals surface area contributed by atoms with Crippen molar-refractivity contribution >= 4 is 20.0 Å². The van der Waals surface area contributed by atoms with Crippen molar-refractivity contribution in [3.8, 4) is 11.5 Å². The molecular formula is C23H28O3Si. The first kappa shape index (κ1) is 18.3. The summed E-state index contributed by atoms with van der Waals surface area (Å²) in [6, 6.07) is 14.6. The first-order valence-corrected chi connectivity index (χ1v) is 12.5. The Kier molecular flexibility index (Phi) is 4.24. The lowest BCUT2D eigenvalue weighted by atomic mass is 9.86. The van der Waals surface area contributed by atoms with Gasteiger partial charge < -0.3 is 13.9 Å². The van der Waals surface area contributed by atoms with Gasteiger partial charge in [-0.05, 0) is 47.5 Å². The van der Waals surface area contributed by atoms with Crippen LogP contribution in [-0.2, 0) is 4.43 Å². The van der Waals surface area contributed by atoms with Gasteiger partial charge in [0, 0.05) is 17.2 Å². The predicted octanol–water partition coefficient (Wildman–Crippen LogP) is 6.07. The van der Waals surface area contributed by atoms with Gasteiger partial charge in [0.2, 0.25) is 0 Å². The maximum Gasteiger partial charge on any atom is 0.193 e. The van der Waals surface area contributed by atoms with E-state index in [-0.39, 0.29) is 17.2 Å². The lowest BCUT2D eigenvalue weighted by Crippen LogP contribution is -2.45. The van der Waals surface area contributed by atoms with Crippen molar-refractivity contribution in [3.63, 3.8) is 0 Å². The summed E-state index contributed by atoms with van der Waals surface area (Å²) in [5, 5.41) is 0.137. The number of ether oxygens (including phenoxy) is 2. The van der Waals surface area contributed by atoms with E-state index in [4.69, 9.17) is 13.9 Å². The van der Waals surface area contributed by atoms with Gasteiger partial charge in [0.15, 0.2) is 14.4 Å². The summed E-state index contributed by atoms with van der Waals surface area (Å²) >= 11 is 0. The van der Waals surface area contributed by atoms with Gasteiger partial charge in [0.25, 0.3) is 0 Å². The molecule has 2 aromatic carbocycles. The highest BCUT2D eigenvalue weighted by atomic mass is 28.4. The van der Waals surface area contributed by atoms with E-state index in [2.05, 4.69) is 70.3 Å². The summed E-state index contributed by atoms with van der Waals surface area (Å²) in [5.74, 6) is 1.69. The van der Waals surface area contributed by atoms with Crippen molar-refractivity contribution in [3.05, 3.63) is 59.2 Å². The van der Waals surface area contributed by atoms with Crippen LogP contribution in [0.15, 0.2) is 42.5 Å². The summed E-state index contributed by atoms with van der Waals surface area (Å²) in [5.41, 5.74) is 4.78. The third-order valence-corrected chi connectivity index (χ3v) is 10.6. The van der Waals surface area contributed by atoms with Crippen LogP contribution in [0.25, 0.3) is 11.6 Å². The molecule has 3 nitrogen and oxygen atoms in total. The molecule has 0 N–H and O–H groups in total. The van der Waals surface area contributed by atoms with Gasteiger partial charge in [-0.2, -0.15) is 0 Å². The quantitative estimate of drug-likeness (QED) is 0.605. The van der Waals surface area contributed by atoms with Crippen molar-refractivity contribution in [2.45, 2.75) is 51.1 Å². The summed E-state index contributed by atoms with van der Waals surface area (Å²) in [7, 11) is -0.291. The van der Waals surface area contributed by atoms with Gasteiger partial charge in [-0.1, -0.05) is 45.0 Å². The molecule has 1 aliphatic heterocycles. The minimum absolute atomic E-state index is 0.0968. The van der Waals surface area contributed by atoms with Crippen LogP contribution < -0.4 is 9.47 Å². The molecule has 1 aliphatic carbocycles. The first-order chi connectivity index (χ1) is 12.7.